The summed E-state index contributed by atoms with van der Waals surface area (Å²) in [7, 11) is 0. The van der Waals surface area contributed by atoms with Crippen molar-refractivity contribution in [3.63, 3.8) is 0 Å². The van der Waals surface area contributed by atoms with E-state index in [2.05, 4.69) is 10.2 Å². The maximum atomic E-state index is 12.0. The minimum absolute atomic E-state index is 0.0545. The van der Waals surface area contributed by atoms with Crippen LogP contribution in [0.4, 0.5) is 0 Å². The van der Waals surface area contributed by atoms with Crippen molar-refractivity contribution in [1.29, 1.82) is 0 Å². The van der Waals surface area contributed by atoms with Crippen LogP contribution in [-0.2, 0) is 0 Å². The fourth-order valence-electron chi connectivity index (χ4n) is 3.24. The van der Waals surface area contributed by atoms with Crippen LogP contribution in [0.1, 0.15) is 35.4 Å². The van der Waals surface area contributed by atoms with E-state index in [1.807, 2.05) is 17.5 Å². The van der Waals surface area contributed by atoms with Gasteiger partial charge in [-0.3, -0.25) is 9.69 Å². The molecule has 1 saturated carbocycles. The van der Waals surface area contributed by atoms with Gasteiger partial charge in [0.05, 0.1) is 17.0 Å². The lowest BCUT2D eigenvalue weighted by atomic mass is 10.1. The zero-order valence-electron chi connectivity index (χ0n) is 10.9. The first-order chi connectivity index (χ1) is 9.25. The zero-order chi connectivity index (χ0) is 13.2. The van der Waals surface area contributed by atoms with Crippen LogP contribution in [0, 0.1) is 0 Å². The number of carbonyl (C=O) groups excluding carboxylic acids is 1. The number of thiophene rings is 1. The highest BCUT2D eigenvalue weighted by Crippen LogP contribution is 2.28. The van der Waals surface area contributed by atoms with E-state index < -0.39 is 6.10 Å². The number of likely N-dealkylation sites (tertiary alicyclic amines) is 1. The lowest BCUT2D eigenvalue weighted by Gasteiger charge is -2.28. The third kappa shape index (κ3) is 2.68. The summed E-state index contributed by atoms with van der Waals surface area (Å²) in [6.07, 6.45) is 3.89. The molecule has 1 amide bonds. The van der Waals surface area contributed by atoms with Crippen molar-refractivity contribution < 1.29 is 9.90 Å². The van der Waals surface area contributed by atoms with Crippen LogP contribution in [0.5, 0.6) is 0 Å². The quantitative estimate of drug-likeness (QED) is 0.881. The van der Waals surface area contributed by atoms with E-state index in [0.717, 1.165) is 30.8 Å². The number of nitrogens with zero attached hydrogens (tertiary/aromatic N) is 1. The molecule has 0 bridgehead atoms. The van der Waals surface area contributed by atoms with E-state index in [9.17, 15) is 9.90 Å². The van der Waals surface area contributed by atoms with Gasteiger partial charge in [-0.05, 0) is 50.2 Å². The van der Waals surface area contributed by atoms with Crippen molar-refractivity contribution in [3.8, 4) is 0 Å². The van der Waals surface area contributed by atoms with Crippen LogP contribution in [-0.4, -0.2) is 47.2 Å². The van der Waals surface area contributed by atoms with E-state index >= 15 is 0 Å². The van der Waals surface area contributed by atoms with Gasteiger partial charge in [-0.2, -0.15) is 0 Å². The normalized spacial score (nSPS) is 31.7. The van der Waals surface area contributed by atoms with Gasteiger partial charge < -0.3 is 10.4 Å². The summed E-state index contributed by atoms with van der Waals surface area (Å²) < 4.78 is 0. The van der Waals surface area contributed by atoms with Gasteiger partial charge in [-0.15, -0.1) is 11.3 Å². The smallest absolute Gasteiger partial charge is 0.261 e. The molecule has 1 aliphatic carbocycles. The van der Waals surface area contributed by atoms with Gasteiger partial charge in [0.1, 0.15) is 0 Å². The Bertz CT molecular complexity index is 429. The fraction of sp³-hybridized carbons (Fsp3) is 0.643. The van der Waals surface area contributed by atoms with Crippen molar-refractivity contribution in [2.75, 3.05) is 13.1 Å². The number of amides is 1. The predicted octanol–water partition coefficient (Wildman–Crippen LogP) is 1.47. The Labute approximate surface area is 117 Å². The third-order valence-electron chi connectivity index (χ3n) is 4.25. The first kappa shape index (κ1) is 13.1. The Hall–Kier alpha value is -0.910. The molecule has 2 aliphatic rings. The lowest BCUT2D eigenvalue weighted by Crippen LogP contribution is -2.47. The molecule has 1 aromatic heterocycles. The van der Waals surface area contributed by atoms with Crippen LogP contribution in [0.3, 0.4) is 0 Å². The molecule has 19 heavy (non-hydrogen) atoms. The van der Waals surface area contributed by atoms with Crippen molar-refractivity contribution in [1.82, 2.24) is 10.2 Å². The maximum absolute atomic E-state index is 12.0. The molecule has 2 N–H and O–H groups in total. The summed E-state index contributed by atoms with van der Waals surface area (Å²) in [6, 6.07) is 3.83. The van der Waals surface area contributed by atoms with Crippen LogP contribution in [0.2, 0.25) is 0 Å². The molecule has 3 atom stereocenters. The second-order valence-corrected chi connectivity index (χ2v) is 6.38. The summed E-state index contributed by atoms with van der Waals surface area (Å²) in [5.41, 5.74) is 0. The highest BCUT2D eigenvalue weighted by Gasteiger charge is 2.39. The molecule has 0 radical (unpaired) electrons. The molecule has 1 aliphatic heterocycles. The molecular formula is C14H20N2O2S. The summed E-state index contributed by atoms with van der Waals surface area (Å²) in [6.45, 7) is 2.18. The molecule has 0 spiro atoms. The average molecular weight is 280 g/mol. The van der Waals surface area contributed by atoms with E-state index in [0.29, 0.717) is 0 Å². The minimum atomic E-state index is -0.429. The topological polar surface area (TPSA) is 52.6 Å². The summed E-state index contributed by atoms with van der Waals surface area (Å²) >= 11 is 1.44. The number of hydrogen-bond acceptors (Lipinski definition) is 4. The second-order valence-electron chi connectivity index (χ2n) is 5.44. The molecule has 0 unspecified atom stereocenters. The van der Waals surface area contributed by atoms with Crippen LogP contribution < -0.4 is 5.32 Å². The van der Waals surface area contributed by atoms with Gasteiger partial charge in [-0.25, -0.2) is 0 Å². The lowest BCUT2D eigenvalue weighted by molar-refractivity contribution is 0.0621. The number of rotatable bonds is 3. The van der Waals surface area contributed by atoms with Gasteiger partial charge in [0, 0.05) is 6.04 Å². The van der Waals surface area contributed by atoms with Gasteiger partial charge >= 0.3 is 0 Å². The molecule has 104 valence electrons. The summed E-state index contributed by atoms with van der Waals surface area (Å²) in [5.74, 6) is -0.0545. The van der Waals surface area contributed by atoms with Crippen molar-refractivity contribution in [2.45, 2.75) is 43.9 Å². The monoisotopic (exact) mass is 280 g/mol. The Kier molecular flexibility index (Phi) is 3.86. The summed E-state index contributed by atoms with van der Waals surface area (Å²) in [5, 5.41) is 15.3. The van der Waals surface area contributed by atoms with Crippen LogP contribution >= 0.6 is 11.3 Å². The van der Waals surface area contributed by atoms with E-state index in [1.165, 1.54) is 24.2 Å². The first-order valence-corrected chi connectivity index (χ1v) is 7.90. The largest absolute Gasteiger partial charge is 0.389 e. The molecular weight excluding hydrogens is 260 g/mol. The molecule has 1 saturated heterocycles. The Morgan fingerprint density at radius 2 is 2.16 bits per heavy atom. The van der Waals surface area contributed by atoms with Crippen LogP contribution in [0.15, 0.2) is 17.5 Å². The van der Waals surface area contributed by atoms with Crippen LogP contribution in [0.25, 0.3) is 0 Å². The number of aliphatic hydroxyl groups is 1. The minimum Gasteiger partial charge on any atom is -0.389 e. The molecule has 1 aromatic rings. The van der Waals surface area contributed by atoms with E-state index in [4.69, 9.17) is 0 Å². The average Bonchev–Trinajstić information content (AvgIpc) is 3.11. The van der Waals surface area contributed by atoms with Gasteiger partial charge in [-0.1, -0.05) is 6.07 Å². The summed E-state index contributed by atoms with van der Waals surface area (Å²) in [4.78, 5) is 15.1. The standard InChI is InChI=1S/C14H20N2O2S/c17-13-10(15-14(18)12-4-3-9-19-12)5-6-11(13)16-7-1-2-8-16/h3-4,9-11,13,17H,1-2,5-8H2,(H,15,18)/t10-,11-,13-/m1/s1. The molecule has 2 fully saturated rings. The fourth-order valence-corrected chi connectivity index (χ4v) is 3.86. The first-order valence-electron chi connectivity index (χ1n) is 7.02. The number of hydrogen-bond donors (Lipinski definition) is 2. The molecule has 4 nitrogen and oxygen atoms in total. The zero-order valence-corrected chi connectivity index (χ0v) is 11.7. The van der Waals surface area contributed by atoms with Gasteiger partial charge in [0.15, 0.2) is 0 Å². The van der Waals surface area contributed by atoms with E-state index in [-0.39, 0.29) is 18.0 Å². The SMILES string of the molecule is O=C(N[C@@H]1CC[C@@H](N2CCCC2)[C@@H]1O)c1cccs1. The number of carbonyl (C=O) groups is 1. The Balaban J connectivity index is 1.59. The van der Waals surface area contributed by atoms with Crippen molar-refractivity contribution in [3.05, 3.63) is 22.4 Å². The Morgan fingerprint density at radius 1 is 1.37 bits per heavy atom. The third-order valence-corrected chi connectivity index (χ3v) is 5.12. The highest BCUT2D eigenvalue weighted by atomic mass is 32.1. The number of aliphatic hydroxyl groups excluding tert-OH is 1. The van der Waals surface area contributed by atoms with Crippen molar-refractivity contribution in [2.24, 2.45) is 0 Å². The Morgan fingerprint density at radius 3 is 2.84 bits per heavy atom. The predicted molar refractivity (Wildman–Crippen MR) is 75.4 cm³/mol. The maximum Gasteiger partial charge on any atom is 0.261 e. The molecule has 2 heterocycles. The van der Waals surface area contributed by atoms with E-state index in [1.54, 1.807) is 0 Å². The number of nitrogens with one attached hydrogen (secondary N) is 1. The highest BCUT2D eigenvalue weighted by molar-refractivity contribution is 7.12. The second kappa shape index (κ2) is 5.61. The molecule has 5 heteroatoms. The van der Waals surface area contributed by atoms with Gasteiger partial charge in [0.25, 0.3) is 5.91 Å². The van der Waals surface area contributed by atoms with Crippen molar-refractivity contribution >= 4 is 17.2 Å². The molecule has 0 aromatic carbocycles. The molecule has 3 rings (SSSR count). The van der Waals surface area contributed by atoms with Gasteiger partial charge in [0.2, 0.25) is 0 Å².